The Bertz CT molecular complexity index is 302. The van der Waals surface area contributed by atoms with Crippen LogP contribution in [-0.2, 0) is 0 Å². The molecule has 4 nitrogen and oxygen atoms in total. The van der Waals surface area contributed by atoms with E-state index in [0.717, 1.165) is 11.3 Å². The molecule has 0 fully saturated rings. The van der Waals surface area contributed by atoms with Gasteiger partial charge in [-0.05, 0) is 24.6 Å². The Morgan fingerprint density at radius 1 is 1.21 bits per heavy atom. The molecule has 1 unspecified atom stereocenters. The van der Waals surface area contributed by atoms with Gasteiger partial charge in [-0.15, -0.1) is 0 Å². The largest absolute Gasteiger partial charge is 0.493 e. The Kier molecular flexibility index (Phi) is 3.73. The van der Waals surface area contributed by atoms with E-state index in [0.29, 0.717) is 5.75 Å². The smallest absolute Gasteiger partial charge is 0.161 e. The molecule has 0 aliphatic carbocycles. The molecule has 1 aromatic rings. The molecule has 78 valence electrons. The number of nitrogens with one attached hydrogen (secondary N) is 1. The van der Waals surface area contributed by atoms with Gasteiger partial charge in [-0.2, -0.15) is 0 Å². The lowest BCUT2D eigenvalue weighted by Crippen LogP contribution is -2.25. The lowest BCUT2D eigenvalue weighted by atomic mass is 10.1. The fourth-order valence-corrected chi connectivity index (χ4v) is 1.22. The van der Waals surface area contributed by atoms with Crippen LogP contribution in [0.3, 0.4) is 0 Å². The first-order valence-corrected chi connectivity index (χ1v) is 4.41. The van der Waals surface area contributed by atoms with Gasteiger partial charge < -0.3 is 9.47 Å². The molecule has 0 saturated carbocycles. The molecule has 0 aliphatic heterocycles. The third-order valence-corrected chi connectivity index (χ3v) is 2.16. The highest BCUT2D eigenvalue weighted by Crippen LogP contribution is 2.29. The third-order valence-electron chi connectivity index (χ3n) is 2.16. The zero-order valence-electron chi connectivity index (χ0n) is 8.70. The van der Waals surface area contributed by atoms with E-state index in [4.69, 9.17) is 15.3 Å². The Labute approximate surface area is 84.0 Å². The molecule has 0 bridgehead atoms. The topological polar surface area (TPSA) is 56.5 Å². The van der Waals surface area contributed by atoms with Crippen molar-refractivity contribution in [3.63, 3.8) is 0 Å². The summed E-state index contributed by atoms with van der Waals surface area (Å²) in [5.74, 6) is 6.78. The number of benzene rings is 1. The second-order valence-electron chi connectivity index (χ2n) is 3.00. The molecule has 0 spiro atoms. The molecule has 1 rings (SSSR count). The Morgan fingerprint density at radius 2 is 1.86 bits per heavy atom. The molecule has 0 saturated heterocycles. The molecule has 3 N–H and O–H groups in total. The number of hydrogen-bond acceptors (Lipinski definition) is 4. The van der Waals surface area contributed by atoms with E-state index < -0.39 is 0 Å². The summed E-state index contributed by atoms with van der Waals surface area (Å²) in [6.45, 7) is 1.97. The van der Waals surface area contributed by atoms with Crippen molar-refractivity contribution in [3.05, 3.63) is 23.8 Å². The van der Waals surface area contributed by atoms with Crippen LogP contribution in [0.25, 0.3) is 0 Å². The van der Waals surface area contributed by atoms with Gasteiger partial charge in [0.1, 0.15) is 0 Å². The summed E-state index contributed by atoms with van der Waals surface area (Å²) in [7, 11) is 3.23. The molecular formula is C10H16N2O2. The molecule has 1 atom stereocenters. The van der Waals surface area contributed by atoms with E-state index in [-0.39, 0.29) is 6.04 Å². The fourth-order valence-electron chi connectivity index (χ4n) is 1.22. The van der Waals surface area contributed by atoms with Crippen LogP contribution in [-0.4, -0.2) is 14.2 Å². The molecule has 0 amide bonds. The number of hydrazine groups is 1. The molecule has 0 aromatic heterocycles. The van der Waals surface area contributed by atoms with E-state index in [9.17, 15) is 0 Å². The molecule has 1 aromatic carbocycles. The van der Waals surface area contributed by atoms with Gasteiger partial charge in [-0.25, -0.2) is 0 Å². The van der Waals surface area contributed by atoms with Crippen molar-refractivity contribution in [1.82, 2.24) is 5.43 Å². The first-order chi connectivity index (χ1) is 6.72. The predicted octanol–water partition coefficient (Wildman–Crippen LogP) is 1.23. The molecule has 14 heavy (non-hydrogen) atoms. The Morgan fingerprint density at radius 3 is 2.36 bits per heavy atom. The standard InChI is InChI=1S/C10H16N2O2/c1-7(12-11)8-4-5-9(13-2)10(6-8)14-3/h4-7,12H,11H2,1-3H3. The van der Waals surface area contributed by atoms with Crippen LogP contribution < -0.4 is 20.7 Å². The van der Waals surface area contributed by atoms with Crippen LogP contribution in [0.4, 0.5) is 0 Å². The monoisotopic (exact) mass is 196 g/mol. The van der Waals surface area contributed by atoms with E-state index in [2.05, 4.69) is 5.43 Å². The lowest BCUT2D eigenvalue weighted by Gasteiger charge is -2.13. The zero-order valence-corrected chi connectivity index (χ0v) is 8.70. The van der Waals surface area contributed by atoms with Gasteiger partial charge in [0.15, 0.2) is 11.5 Å². The number of methoxy groups -OCH3 is 2. The maximum Gasteiger partial charge on any atom is 0.161 e. The van der Waals surface area contributed by atoms with Crippen LogP contribution in [0, 0.1) is 0 Å². The highest BCUT2D eigenvalue weighted by Gasteiger charge is 2.08. The van der Waals surface area contributed by atoms with Gasteiger partial charge in [0.05, 0.1) is 14.2 Å². The molecule has 4 heteroatoms. The first kappa shape index (κ1) is 10.8. The summed E-state index contributed by atoms with van der Waals surface area (Å²) in [6.07, 6.45) is 0. The van der Waals surface area contributed by atoms with E-state index in [1.165, 1.54) is 0 Å². The van der Waals surface area contributed by atoms with Crippen molar-refractivity contribution >= 4 is 0 Å². The van der Waals surface area contributed by atoms with E-state index in [1.54, 1.807) is 14.2 Å². The molecule has 0 aliphatic rings. The first-order valence-electron chi connectivity index (χ1n) is 4.41. The minimum Gasteiger partial charge on any atom is -0.493 e. The van der Waals surface area contributed by atoms with Crippen LogP contribution >= 0.6 is 0 Å². The van der Waals surface area contributed by atoms with Crippen LogP contribution in [0.2, 0.25) is 0 Å². The van der Waals surface area contributed by atoms with Gasteiger partial charge >= 0.3 is 0 Å². The third kappa shape index (κ3) is 2.16. The lowest BCUT2D eigenvalue weighted by molar-refractivity contribution is 0.354. The fraction of sp³-hybridized carbons (Fsp3) is 0.400. The molecular weight excluding hydrogens is 180 g/mol. The highest BCUT2D eigenvalue weighted by molar-refractivity contribution is 5.43. The maximum atomic E-state index is 5.34. The van der Waals surface area contributed by atoms with Crippen LogP contribution in [0.5, 0.6) is 11.5 Å². The summed E-state index contributed by atoms with van der Waals surface area (Å²) in [6, 6.07) is 5.81. The number of hydrogen-bond donors (Lipinski definition) is 2. The Balaban J connectivity index is 3.01. The van der Waals surface area contributed by atoms with Crippen molar-refractivity contribution in [2.24, 2.45) is 5.84 Å². The Hall–Kier alpha value is -1.26. The second-order valence-corrected chi connectivity index (χ2v) is 3.00. The van der Waals surface area contributed by atoms with Crippen molar-refractivity contribution in [2.75, 3.05) is 14.2 Å². The minimum atomic E-state index is 0.0924. The van der Waals surface area contributed by atoms with E-state index in [1.807, 2.05) is 25.1 Å². The van der Waals surface area contributed by atoms with E-state index >= 15 is 0 Å². The summed E-state index contributed by atoms with van der Waals surface area (Å²) in [5.41, 5.74) is 3.73. The van der Waals surface area contributed by atoms with Gasteiger partial charge in [-0.3, -0.25) is 11.3 Å². The second kappa shape index (κ2) is 4.83. The zero-order chi connectivity index (χ0) is 10.6. The van der Waals surface area contributed by atoms with Gasteiger partial charge in [0, 0.05) is 6.04 Å². The van der Waals surface area contributed by atoms with Crippen molar-refractivity contribution in [2.45, 2.75) is 13.0 Å². The minimum absolute atomic E-state index is 0.0924. The van der Waals surface area contributed by atoms with Gasteiger partial charge in [0.2, 0.25) is 0 Å². The summed E-state index contributed by atoms with van der Waals surface area (Å²) in [4.78, 5) is 0. The summed E-state index contributed by atoms with van der Waals surface area (Å²) in [5, 5.41) is 0. The number of nitrogens with two attached hydrogens (primary N) is 1. The van der Waals surface area contributed by atoms with Crippen LogP contribution in [0.15, 0.2) is 18.2 Å². The maximum absolute atomic E-state index is 5.34. The van der Waals surface area contributed by atoms with Gasteiger partial charge in [0.25, 0.3) is 0 Å². The average molecular weight is 196 g/mol. The summed E-state index contributed by atoms with van der Waals surface area (Å²) >= 11 is 0. The van der Waals surface area contributed by atoms with Crippen molar-refractivity contribution in [1.29, 1.82) is 0 Å². The van der Waals surface area contributed by atoms with Crippen LogP contribution in [0.1, 0.15) is 18.5 Å². The quantitative estimate of drug-likeness (QED) is 0.561. The van der Waals surface area contributed by atoms with Crippen molar-refractivity contribution in [3.8, 4) is 11.5 Å². The highest BCUT2D eigenvalue weighted by atomic mass is 16.5. The summed E-state index contributed by atoms with van der Waals surface area (Å²) < 4.78 is 10.3. The SMILES string of the molecule is COc1ccc(C(C)NN)cc1OC. The normalized spacial score (nSPS) is 12.3. The molecule has 0 heterocycles. The number of ether oxygens (including phenoxy) is 2. The van der Waals surface area contributed by atoms with Gasteiger partial charge in [-0.1, -0.05) is 6.07 Å². The average Bonchev–Trinajstić information content (AvgIpc) is 2.26. The predicted molar refractivity (Wildman–Crippen MR) is 55.3 cm³/mol. The van der Waals surface area contributed by atoms with Crippen molar-refractivity contribution < 1.29 is 9.47 Å². The molecule has 0 radical (unpaired) electrons. The number of rotatable bonds is 4.